The molecule has 6 rings (SSSR count). The van der Waals surface area contributed by atoms with E-state index in [0.717, 1.165) is 58.5 Å². The lowest BCUT2D eigenvalue weighted by atomic mass is 10.0. The van der Waals surface area contributed by atoms with Crippen molar-refractivity contribution >= 4 is 11.5 Å². The van der Waals surface area contributed by atoms with Crippen molar-refractivity contribution in [2.75, 3.05) is 37.7 Å². The van der Waals surface area contributed by atoms with Crippen LogP contribution in [0.4, 0.5) is 10.2 Å². The Morgan fingerprint density at radius 3 is 2.91 bits per heavy atom. The summed E-state index contributed by atoms with van der Waals surface area (Å²) in [6.07, 6.45) is 3.26. The maximum Gasteiger partial charge on any atom is 0.167 e. The van der Waals surface area contributed by atoms with Crippen LogP contribution in [0.25, 0.3) is 28.2 Å². The molecule has 2 fully saturated rings. The summed E-state index contributed by atoms with van der Waals surface area (Å²) in [6, 6.07) is 3.90. The fourth-order valence-electron chi connectivity index (χ4n) is 5.38. The summed E-state index contributed by atoms with van der Waals surface area (Å²) in [5.74, 6) is 0.862. The standard InChI is InChI=1S/C24H30FN9O/c1-14-13-35-9-8-32(14)22-10-21(34-24(29-22)17(11-28-34)19-4-7-27-30-19)23-15(2)31-33(16(23)3)20-5-6-26-12-18(20)25/h4,7,10-11,14,18,20,26H,5-6,8-9,12-13H2,1-3H3,(H,27,30)/t14-,18?,20?/m1/s1. The zero-order chi connectivity index (χ0) is 24.1. The maximum atomic E-state index is 14.8. The molecule has 0 aliphatic carbocycles. The van der Waals surface area contributed by atoms with Crippen molar-refractivity contribution in [1.29, 1.82) is 0 Å². The minimum absolute atomic E-state index is 0.192. The molecule has 11 heteroatoms. The van der Waals surface area contributed by atoms with E-state index >= 15 is 0 Å². The first kappa shape index (κ1) is 22.2. The zero-order valence-corrected chi connectivity index (χ0v) is 20.2. The summed E-state index contributed by atoms with van der Waals surface area (Å²) < 4.78 is 24.2. The summed E-state index contributed by atoms with van der Waals surface area (Å²) >= 11 is 0. The molecule has 0 saturated carbocycles. The van der Waals surface area contributed by atoms with Crippen LogP contribution in [-0.2, 0) is 4.74 Å². The molecule has 2 aliphatic heterocycles. The van der Waals surface area contributed by atoms with Crippen LogP contribution in [0.2, 0.25) is 0 Å². The van der Waals surface area contributed by atoms with Gasteiger partial charge in [0.1, 0.15) is 12.0 Å². The third kappa shape index (κ3) is 3.69. The average molecular weight is 480 g/mol. The number of aromatic amines is 1. The van der Waals surface area contributed by atoms with Gasteiger partial charge in [-0.1, -0.05) is 0 Å². The van der Waals surface area contributed by atoms with E-state index in [2.05, 4.69) is 33.4 Å². The number of nitrogens with zero attached hydrogens (tertiary/aromatic N) is 7. The van der Waals surface area contributed by atoms with Crippen LogP contribution in [0.5, 0.6) is 0 Å². The first-order chi connectivity index (χ1) is 17.0. The number of H-pyrrole nitrogens is 1. The van der Waals surface area contributed by atoms with Gasteiger partial charge in [-0.25, -0.2) is 13.9 Å². The van der Waals surface area contributed by atoms with Crippen LogP contribution < -0.4 is 10.2 Å². The second-order valence-corrected chi connectivity index (χ2v) is 9.45. The summed E-state index contributed by atoms with van der Waals surface area (Å²) in [5, 5.41) is 19.8. The van der Waals surface area contributed by atoms with Gasteiger partial charge in [0.15, 0.2) is 5.65 Å². The molecule has 184 valence electrons. The second kappa shape index (κ2) is 8.72. The Kier molecular flexibility index (Phi) is 5.53. The Bertz CT molecular complexity index is 1340. The van der Waals surface area contributed by atoms with Crippen LogP contribution in [0.3, 0.4) is 0 Å². The lowest BCUT2D eigenvalue weighted by molar-refractivity contribution is 0.0985. The topological polar surface area (TPSA) is 101 Å². The Labute approximate surface area is 202 Å². The number of morpholine rings is 1. The molecular formula is C24H30FN9O. The first-order valence-corrected chi connectivity index (χ1v) is 12.2. The predicted octanol–water partition coefficient (Wildman–Crippen LogP) is 2.70. The molecule has 4 aromatic rings. The van der Waals surface area contributed by atoms with Gasteiger partial charge in [0.2, 0.25) is 0 Å². The minimum Gasteiger partial charge on any atom is -0.377 e. The van der Waals surface area contributed by atoms with Crippen LogP contribution in [0, 0.1) is 13.8 Å². The zero-order valence-electron chi connectivity index (χ0n) is 20.2. The van der Waals surface area contributed by atoms with Gasteiger partial charge in [0.05, 0.1) is 54.1 Å². The number of alkyl halides is 1. The van der Waals surface area contributed by atoms with E-state index in [1.165, 1.54) is 0 Å². The molecule has 4 aromatic heterocycles. The van der Waals surface area contributed by atoms with Gasteiger partial charge in [-0.05, 0) is 39.8 Å². The van der Waals surface area contributed by atoms with E-state index < -0.39 is 6.17 Å². The lowest BCUT2D eigenvalue weighted by Gasteiger charge is -2.34. The number of nitrogens with one attached hydrogen (secondary N) is 2. The highest BCUT2D eigenvalue weighted by Gasteiger charge is 2.31. The highest BCUT2D eigenvalue weighted by Crippen LogP contribution is 2.35. The molecule has 35 heavy (non-hydrogen) atoms. The van der Waals surface area contributed by atoms with E-state index in [-0.39, 0.29) is 12.1 Å². The molecule has 6 heterocycles. The summed E-state index contributed by atoms with van der Waals surface area (Å²) in [5.41, 5.74) is 6.09. The average Bonchev–Trinajstić information content (AvgIpc) is 3.58. The normalized spacial score (nSPS) is 23.3. The van der Waals surface area contributed by atoms with Crippen molar-refractivity contribution in [2.45, 2.75) is 45.4 Å². The molecule has 2 aliphatic rings. The fraction of sp³-hybridized carbons (Fsp3) is 0.500. The molecule has 2 N–H and O–H groups in total. The number of fused-ring (bicyclic) bond motifs is 1. The van der Waals surface area contributed by atoms with Crippen molar-refractivity contribution in [2.24, 2.45) is 0 Å². The van der Waals surface area contributed by atoms with Crippen LogP contribution in [0.1, 0.15) is 30.8 Å². The molecule has 0 aromatic carbocycles. The Morgan fingerprint density at radius 2 is 2.14 bits per heavy atom. The molecule has 0 amide bonds. The van der Waals surface area contributed by atoms with Crippen molar-refractivity contribution in [1.82, 2.24) is 39.9 Å². The SMILES string of the molecule is Cc1nn(C2CCNCC2F)c(C)c1-c1cc(N2CCOC[C@H]2C)nc2c(-c3ccn[nH]3)cnn12. The fourth-order valence-corrected chi connectivity index (χ4v) is 5.38. The molecule has 3 atom stereocenters. The number of halogens is 1. The van der Waals surface area contributed by atoms with Gasteiger partial charge in [-0.3, -0.25) is 9.78 Å². The van der Waals surface area contributed by atoms with E-state index in [0.29, 0.717) is 26.2 Å². The summed E-state index contributed by atoms with van der Waals surface area (Å²) in [6.45, 7) is 9.34. The van der Waals surface area contributed by atoms with E-state index in [1.54, 1.807) is 6.20 Å². The number of hydrogen-bond donors (Lipinski definition) is 2. The third-order valence-corrected chi connectivity index (χ3v) is 7.18. The number of aromatic nitrogens is 7. The smallest absolute Gasteiger partial charge is 0.167 e. The second-order valence-electron chi connectivity index (χ2n) is 9.45. The third-order valence-electron chi connectivity index (χ3n) is 7.18. The first-order valence-electron chi connectivity index (χ1n) is 12.2. The van der Waals surface area contributed by atoms with E-state index in [4.69, 9.17) is 19.9 Å². The molecule has 10 nitrogen and oxygen atoms in total. The van der Waals surface area contributed by atoms with Crippen LogP contribution in [0.15, 0.2) is 24.5 Å². The highest BCUT2D eigenvalue weighted by molar-refractivity contribution is 5.80. The van der Waals surface area contributed by atoms with Crippen molar-refractivity contribution in [3.63, 3.8) is 0 Å². The van der Waals surface area contributed by atoms with Crippen molar-refractivity contribution in [3.8, 4) is 22.5 Å². The number of hydrogen-bond acceptors (Lipinski definition) is 7. The molecular weight excluding hydrogens is 449 g/mol. The Morgan fingerprint density at radius 1 is 1.26 bits per heavy atom. The van der Waals surface area contributed by atoms with Gasteiger partial charge in [-0.15, -0.1) is 0 Å². The van der Waals surface area contributed by atoms with Crippen molar-refractivity contribution in [3.05, 3.63) is 35.9 Å². The maximum absolute atomic E-state index is 14.8. The van der Waals surface area contributed by atoms with Gasteiger partial charge < -0.3 is 15.0 Å². The largest absolute Gasteiger partial charge is 0.377 e. The highest BCUT2D eigenvalue weighted by atomic mass is 19.1. The predicted molar refractivity (Wildman–Crippen MR) is 130 cm³/mol. The van der Waals surface area contributed by atoms with Crippen LogP contribution >= 0.6 is 0 Å². The number of rotatable bonds is 4. The molecule has 2 saturated heterocycles. The van der Waals surface area contributed by atoms with Gasteiger partial charge >= 0.3 is 0 Å². The van der Waals surface area contributed by atoms with Gasteiger partial charge in [0, 0.05) is 36.6 Å². The minimum atomic E-state index is -0.978. The summed E-state index contributed by atoms with van der Waals surface area (Å²) in [7, 11) is 0. The van der Waals surface area contributed by atoms with Gasteiger partial charge in [-0.2, -0.15) is 15.3 Å². The van der Waals surface area contributed by atoms with E-state index in [9.17, 15) is 4.39 Å². The number of ether oxygens (including phenoxy) is 1. The quantitative estimate of drug-likeness (QED) is 0.464. The molecule has 0 bridgehead atoms. The Hall–Kier alpha value is -3.31. The number of anilines is 1. The van der Waals surface area contributed by atoms with E-state index in [1.807, 2.05) is 35.3 Å². The molecule has 0 spiro atoms. The Balaban J connectivity index is 1.55. The van der Waals surface area contributed by atoms with Gasteiger partial charge in [0.25, 0.3) is 0 Å². The van der Waals surface area contributed by atoms with Crippen LogP contribution in [-0.4, -0.2) is 79.6 Å². The monoisotopic (exact) mass is 479 g/mol. The lowest BCUT2D eigenvalue weighted by Crippen LogP contribution is -2.44. The van der Waals surface area contributed by atoms with Crippen molar-refractivity contribution < 1.29 is 9.13 Å². The number of aryl methyl sites for hydroxylation is 1. The molecule has 2 unspecified atom stereocenters. The summed E-state index contributed by atoms with van der Waals surface area (Å²) in [4.78, 5) is 7.32. The molecule has 0 radical (unpaired) electrons. The number of piperidine rings is 1.